The Morgan fingerprint density at radius 2 is 2.26 bits per heavy atom. The van der Waals surface area contributed by atoms with Crippen LogP contribution in [0.25, 0.3) is 0 Å². The van der Waals surface area contributed by atoms with Crippen LogP contribution in [0.2, 0.25) is 0 Å². The molecule has 6 heteroatoms. The summed E-state index contributed by atoms with van der Waals surface area (Å²) >= 11 is 0. The number of non-ortho nitro benzene ring substituents is 1. The maximum Gasteiger partial charge on any atom is 0.276 e. The predicted molar refractivity (Wildman–Crippen MR) is 68.8 cm³/mol. The molecule has 1 aliphatic heterocycles. The van der Waals surface area contributed by atoms with E-state index in [2.05, 4.69) is 4.90 Å². The Hall–Kier alpha value is -1.69. The van der Waals surface area contributed by atoms with Crippen LogP contribution >= 0.6 is 0 Å². The Kier molecular flexibility index (Phi) is 4.31. The van der Waals surface area contributed by atoms with Crippen LogP contribution in [-0.2, 0) is 0 Å². The number of piperidine rings is 1. The zero-order valence-electron chi connectivity index (χ0n) is 10.8. The van der Waals surface area contributed by atoms with Crippen LogP contribution in [0.5, 0.6) is 5.75 Å². The number of benzene rings is 1. The van der Waals surface area contributed by atoms with Gasteiger partial charge in [-0.2, -0.15) is 0 Å². The van der Waals surface area contributed by atoms with Gasteiger partial charge in [0.2, 0.25) is 0 Å². The summed E-state index contributed by atoms with van der Waals surface area (Å²) in [6.45, 7) is 1.45. The third kappa shape index (κ3) is 3.64. The van der Waals surface area contributed by atoms with Crippen molar-refractivity contribution in [2.45, 2.75) is 25.3 Å². The molecule has 1 atom stereocenters. The Balaban J connectivity index is 2.00. The van der Waals surface area contributed by atoms with Crippen molar-refractivity contribution in [1.29, 1.82) is 0 Å². The first-order valence-corrected chi connectivity index (χ1v) is 6.34. The van der Waals surface area contributed by atoms with Gasteiger partial charge in [-0.15, -0.1) is 0 Å². The molecule has 0 saturated carbocycles. The molecule has 0 bridgehead atoms. The summed E-state index contributed by atoms with van der Waals surface area (Å²) in [6.07, 6.45) is 3.37. The van der Waals surface area contributed by atoms with Gasteiger partial charge in [-0.05, 0) is 26.4 Å². The van der Waals surface area contributed by atoms with E-state index in [-0.39, 0.29) is 17.5 Å². The predicted octanol–water partition coefficient (Wildman–Crippen LogP) is 2.60. The number of halogens is 1. The smallest absolute Gasteiger partial charge is 0.276 e. The maximum absolute atomic E-state index is 13.2. The van der Waals surface area contributed by atoms with Gasteiger partial charge in [0.25, 0.3) is 5.69 Å². The molecule has 0 aliphatic carbocycles. The van der Waals surface area contributed by atoms with Crippen LogP contribution in [-0.4, -0.2) is 36.1 Å². The fourth-order valence-corrected chi connectivity index (χ4v) is 2.28. The fourth-order valence-electron chi connectivity index (χ4n) is 2.28. The Morgan fingerprint density at radius 1 is 1.47 bits per heavy atom. The van der Waals surface area contributed by atoms with E-state index in [1.54, 1.807) is 0 Å². The van der Waals surface area contributed by atoms with Crippen molar-refractivity contribution in [3.05, 3.63) is 34.1 Å². The number of likely N-dealkylation sites (N-methyl/N-ethyl adjacent to an activating group) is 1. The standard InChI is InChI=1S/C13H17FN2O3/c1-15-5-3-2-4-11(15)9-19-13-7-10(14)6-12(8-13)16(17)18/h6-8,11H,2-5,9H2,1H3. The van der Waals surface area contributed by atoms with Gasteiger partial charge in [-0.3, -0.25) is 10.1 Å². The number of nitro groups is 1. The lowest BCUT2D eigenvalue weighted by molar-refractivity contribution is -0.385. The lowest BCUT2D eigenvalue weighted by atomic mass is 10.0. The van der Waals surface area contributed by atoms with E-state index in [1.807, 2.05) is 7.05 Å². The van der Waals surface area contributed by atoms with Crippen LogP contribution in [0.3, 0.4) is 0 Å². The molecule has 1 saturated heterocycles. The monoisotopic (exact) mass is 268 g/mol. The molecule has 0 radical (unpaired) electrons. The number of hydrogen-bond donors (Lipinski definition) is 0. The molecule has 1 aliphatic rings. The molecule has 5 nitrogen and oxygen atoms in total. The summed E-state index contributed by atoms with van der Waals surface area (Å²) in [5.74, 6) is -0.438. The molecule has 0 amide bonds. The average Bonchev–Trinajstić information content (AvgIpc) is 2.37. The molecule has 0 spiro atoms. The van der Waals surface area contributed by atoms with Gasteiger partial charge in [0, 0.05) is 12.1 Å². The van der Waals surface area contributed by atoms with E-state index in [0.29, 0.717) is 6.61 Å². The molecule has 2 rings (SSSR count). The number of rotatable bonds is 4. The second-order valence-corrected chi connectivity index (χ2v) is 4.84. The highest BCUT2D eigenvalue weighted by molar-refractivity contribution is 5.38. The second-order valence-electron chi connectivity index (χ2n) is 4.84. The molecule has 1 aromatic rings. The molecule has 104 valence electrons. The van der Waals surface area contributed by atoms with Gasteiger partial charge < -0.3 is 9.64 Å². The van der Waals surface area contributed by atoms with Crippen LogP contribution in [0, 0.1) is 15.9 Å². The minimum absolute atomic E-state index is 0.214. The van der Waals surface area contributed by atoms with E-state index in [4.69, 9.17) is 4.74 Å². The largest absolute Gasteiger partial charge is 0.492 e. The zero-order valence-corrected chi connectivity index (χ0v) is 10.8. The van der Waals surface area contributed by atoms with Crippen LogP contribution in [0.4, 0.5) is 10.1 Å². The van der Waals surface area contributed by atoms with Crippen molar-refractivity contribution < 1.29 is 14.1 Å². The zero-order chi connectivity index (χ0) is 13.8. The third-order valence-corrected chi connectivity index (χ3v) is 3.43. The van der Waals surface area contributed by atoms with Gasteiger partial charge >= 0.3 is 0 Å². The van der Waals surface area contributed by atoms with E-state index in [1.165, 1.54) is 18.6 Å². The highest BCUT2D eigenvalue weighted by atomic mass is 19.1. The van der Waals surface area contributed by atoms with Crippen molar-refractivity contribution in [3.8, 4) is 5.75 Å². The first kappa shape index (κ1) is 13.7. The van der Waals surface area contributed by atoms with E-state index in [9.17, 15) is 14.5 Å². The summed E-state index contributed by atoms with van der Waals surface area (Å²) in [6, 6.07) is 3.61. The van der Waals surface area contributed by atoms with E-state index >= 15 is 0 Å². The fraction of sp³-hybridized carbons (Fsp3) is 0.538. The highest BCUT2D eigenvalue weighted by Gasteiger charge is 2.20. The summed E-state index contributed by atoms with van der Waals surface area (Å²) in [7, 11) is 2.03. The first-order chi connectivity index (χ1) is 9.06. The van der Waals surface area contributed by atoms with Crippen molar-refractivity contribution in [2.24, 2.45) is 0 Å². The Labute approximate surface area is 111 Å². The van der Waals surface area contributed by atoms with Crippen LogP contribution in [0.1, 0.15) is 19.3 Å². The van der Waals surface area contributed by atoms with E-state index in [0.717, 1.165) is 25.5 Å². The highest BCUT2D eigenvalue weighted by Crippen LogP contribution is 2.23. The van der Waals surface area contributed by atoms with Gasteiger partial charge in [-0.1, -0.05) is 6.42 Å². The third-order valence-electron chi connectivity index (χ3n) is 3.43. The van der Waals surface area contributed by atoms with E-state index < -0.39 is 10.7 Å². The molecule has 19 heavy (non-hydrogen) atoms. The number of nitro benzene ring substituents is 1. The molecular formula is C13H17FN2O3. The molecule has 1 unspecified atom stereocenters. The van der Waals surface area contributed by atoms with Gasteiger partial charge in [0.15, 0.2) is 0 Å². The number of nitrogens with zero attached hydrogens (tertiary/aromatic N) is 2. The van der Waals surface area contributed by atoms with Crippen LogP contribution in [0.15, 0.2) is 18.2 Å². The van der Waals surface area contributed by atoms with Gasteiger partial charge in [-0.25, -0.2) is 4.39 Å². The molecule has 1 fully saturated rings. The summed E-state index contributed by atoms with van der Waals surface area (Å²) in [5, 5.41) is 10.6. The summed E-state index contributed by atoms with van der Waals surface area (Å²) < 4.78 is 18.7. The SMILES string of the molecule is CN1CCCCC1COc1cc(F)cc([N+](=O)[O-])c1. The van der Waals surface area contributed by atoms with Crippen molar-refractivity contribution >= 4 is 5.69 Å². The first-order valence-electron chi connectivity index (χ1n) is 6.34. The molecule has 1 heterocycles. The number of hydrogen-bond acceptors (Lipinski definition) is 4. The minimum atomic E-state index is -0.652. The molecule has 1 aromatic carbocycles. The summed E-state index contributed by atoms with van der Waals surface area (Å²) in [5.41, 5.74) is -0.285. The minimum Gasteiger partial charge on any atom is -0.492 e. The molecule has 0 aromatic heterocycles. The number of ether oxygens (including phenoxy) is 1. The summed E-state index contributed by atoms with van der Waals surface area (Å²) in [4.78, 5) is 12.2. The normalized spacial score (nSPS) is 20.2. The average molecular weight is 268 g/mol. The van der Waals surface area contributed by atoms with Crippen molar-refractivity contribution in [2.75, 3.05) is 20.2 Å². The quantitative estimate of drug-likeness (QED) is 0.622. The second kappa shape index (κ2) is 5.97. The van der Waals surface area contributed by atoms with Gasteiger partial charge in [0.05, 0.1) is 17.1 Å². The number of likely N-dealkylation sites (tertiary alicyclic amines) is 1. The Morgan fingerprint density at radius 3 is 2.95 bits per heavy atom. The van der Waals surface area contributed by atoms with Crippen LogP contribution < -0.4 is 4.74 Å². The van der Waals surface area contributed by atoms with Gasteiger partial charge in [0.1, 0.15) is 18.2 Å². The molecular weight excluding hydrogens is 251 g/mol. The maximum atomic E-state index is 13.2. The lowest BCUT2D eigenvalue weighted by Gasteiger charge is -2.32. The Bertz CT molecular complexity index is 467. The van der Waals surface area contributed by atoms with Crippen molar-refractivity contribution in [1.82, 2.24) is 4.90 Å². The topological polar surface area (TPSA) is 55.6 Å². The lowest BCUT2D eigenvalue weighted by Crippen LogP contribution is -2.40. The molecule has 0 N–H and O–H groups in total. The van der Waals surface area contributed by atoms with Crippen molar-refractivity contribution in [3.63, 3.8) is 0 Å².